The SMILES string of the molecule is CN(CCCNC(=NCCCOc1ccc(CN2CCCCC2)cc1)NC#N)CCC(c1ccc(F)cc1)c1ccccn1. The van der Waals surface area contributed by atoms with Crippen molar-refractivity contribution in [1.29, 1.82) is 5.26 Å². The van der Waals surface area contributed by atoms with Crippen molar-refractivity contribution in [1.82, 2.24) is 25.4 Å². The number of benzene rings is 2. The van der Waals surface area contributed by atoms with Gasteiger partial charge in [-0.2, -0.15) is 5.26 Å². The summed E-state index contributed by atoms with van der Waals surface area (Å²) in [5.74, 6) is 1.23. The van der Waals surface area contributed by atoms with Crippen molar-refractivity contribution in [3.63, 3.8) is 0 Å². The molecule has 0 amide bonds. The van der Waals surface area contributed by atoms with Crippen molar-refractivity contribution < 1.29 is 9.13 Å². The maximum atomic E-state index is 13.5. The molecule has 0 aliphatic carbocycles. The molecule has 44 heavy (non-hydrogen) atoms. The number of pyridine rings is 1. The summed E-state index contributed by atoms with van der Waals surface area (Å²) in [5, 5.41) is 15.0. The highest BCUT2D eigenvalue weighted by Gasteiger charge is 2.16. The first kappa shape index (κ1) is 32.9. The van der Waals surface area contributed by atoms with Crippen LogP contribution in [0.3, 0.4) is 0 Å². The van der Waals surface area contributed by atoms with Crippen molar-refractivity contribution in [3.8, 4) is 11.9 Å². The standard InChI is InChI=1S/C35H46FN7O/c1-42(25-18-33(34-9-3-4-19-38-34)30-12-14-31(36)15-13-30)22-7-20-39-35(41-28-37)40-21-8-26-44-32-16-10-29(11-17-32)27-43-23-5-2-6-24-43/h3-4,9-17,19,33H,2,5-8,18,20-27H2,1H3,(H2,39,40,41). The molecule has 2 N–H and O–H groups in total. The number of nitrogens with one attached hydrogen (secondary N) is 2. The second-order valence-corrected chi connectivity index (χ2v) is 11.4. The lowest BCUT2D eigenvalue weighted by molar-refractivity contribution is 0.221. The molecule has 0 saturated carbocycles. The predicted molar refractivity (Wildman–Crippen MR) is 174 cm³/mol. The summed E-state index contributed by atoms with van der Waals surface area (Å²) >= 11 is 0. The van der Waals surface area contributed by atoms with E-state index in [1.165, 1.54) is 50.0 Å². The van der Waals surface area contributed by atoms with E-state index in [0.29, 0.717) is 25.7 Å². The van der Waals surface area contributed by atoms with E-state index in [0.717, 1.165) is 55.9 Å². The molecule has 0 radical (unpaired) electrons. The Hall–Kier alpha value is -4.00. The molecule has 1 saturated heterocycles. The van der Waals surface area contributed by atoms with E-state index < -0.39 is 0 Å². The number of hydrogen-bond acceptors (Lipinski definition) is 6. The smallest absolute Gasteiger partial charge is 0.204 e. The van der Waals surface area contributed by atoms with Crippen molar-refractivity contribution >= 4 is 5.96 Å². The van der Waals surface area contributed by atoms with E-state index in [4.69, 9.17) is 10.00 Å². The second-order valence-electron chi connectivity index (χ2n) is 11.4. The average molecular weight is 600 g/mol. The summed E-state index contributed by atoms with van der Waals surface area (Å²) in [6, 6.07) is 21.1. The Balaban J connectivity index is 1.12. The van der Waals surface area contributed by atoms with Gasteiger partial charge in [0.2, 0.25) is 5.96 Å². The lowest BCUT2D eigenvalue weighted by atomic mass is 9.91. The van der Waals surface area contributed by atoms with Crippen LogP contribution in [0.2, 0.25) is 0 Å². The number of guanidine groups is 1. The predicted octanol–water partition coefficient (Wildman–Crippen LogP) is 5.54. The van der Waals surface area contributed by atoms with E-state index in [9.17, 15) is 4.39 Å². The first-order valence-corrected chi connectivity index (χ1v) is 15.8. The van der Waals surface area contributed by atoms with Gasteiger partial charge in [-0.3, -0.25) is 20.2 Å². The van der Waals surface area contributed by atoms with E-state index in [1.807, 2.05) is 48.7 Å². The van der Waals surface area contributed by atoms with Crippen LogP contribution in [0.1, 0.15) is 61.3 Å². The third-order valence-corrected chi connectivity index (χ3v) is 7.92. The molecule has 1 aromatic heterocycles. The molecular weight excluding hydrogens is 553 g/mol. The lowest BCUT2D eigenvalue weighted by Crippen LogP contribution is -2.36. The molecule has 1 atom stereocenters. The van der Waals surface area contributed by atoms with Crippen LogP contribution in [0.25, 0.3) is 0 Å². The third kappa shape index (κ3) is 11.6. The van der Waals surface area contributed by atoms with Gasteiger partial charge in [0.05, 0.1) is 6.61 Å². The van der Waals surface area contributed by atoms with Crippen molar-refractivity contribution in [2.45, 2.75) is 51.0 Å². The largest absolute Gasteiger partial charge is 0.494 e. The molecule has 8 nitrogen and oxygen atoms in total. The molecule has 1 unspecified atom stereocenters. The van der Waals surface area contributed by atoms with Crippen molar-refractivity contribution in [3.05, 3.63) is 95.6 Å². The van der Waals surface area contributed by atoms with Crippen LogP contribution >= 0.6 is 0 Å². The second kappa shape index (κ2) is 18.6. The van der Waals surface area contributed by atoms with Crippen LogP contribution < -0.4 is 15.4 Å². The van der Waals surface area contributed by atoms with Crippen LogP contribution in [0.5, 0.6) is 5.75 Å². The fourth-order valence-electron chi connectivity index (χ4n) is 5.48. The number of nitriles is 1. The summed E-state index contributed by atoms with van der Waals surface area (Å²) < 4.78 is 19.4. The number of likely N-dealkylation sites (tertiary alicyclic amines) is 1. The Kier molecular flexibility index (Phi) is 13.9. The van der Waals surface area contributed by atoms with Gasteiger partial charge in [-0.05, 0) is 106 Å². The van der Waals surface area contributed by atoms with Crippen LogP contribution in [0.15, 0.2) is 77.9 Å². The van der Waals surface area contributed by atoms with E-state index >= 15 is 0 Å². The van der Waals surface area contributed by atoms with Gasteiger partial charge in [0.15, 0.2) is 6.19 Å². The van der Waals surface area contributed by atoms with Crippen LogP contribution in [-0.4, -0.2) is 73.7 Å². The number of aromatic nitrogens is 1. The van der Waals surface area contributed by atoms with Gasteiger partial charge in [-0.1, -0.05) is 36.8 Å². The molecule has 9 heteroatoms. The molecule has 2 aromatic carbocycles. The van der Waals surface area contributed by atoms with E-state index in [-0.39, 0.29) is 11.7 Å². The zero-order valence-electron chi connectivity index (χ0n) is 25.9. The minimum atomic E-state index is -0.232. The molecule has 1 fully saturated rings. The number of ether oxygens (including phenoxy) is 1. The molecule has 0 spiro atoms. The molecule has 234 valence electrons. The highest BCUT2D eigenvalue weighted by Crippen LogP contribution is 2.27. The van der Waals surface area contributed by atoms with E-state index in [2.05, 4.69) is 49.6 Å². The van der Waals surface area contributed by atoms with Gasteiger partial charge in [-0.25, -0.2) is 4.39 Å². The van der Waals surface area contributed by atoms with Crippen LogP contribution in [-0.2, 0) is 6.54 Å². The molecule has 2 heterocycles. The monoisotopic (exact) mass is 599 g/mol. The maximum Gasteiger partial charge on any atom is 0.204 e. The van der Waals surface area contributed by atoms with Crippen LogP contribution in [0, 0.1) is 17.3 Å². The number of piperidine rings is 1. The number of halogens is 1. The highest BCUT2D eigenvalue weighted by atomic mass is 19.1. The molecule has 4 rings (SSSR count). The topological polar surface area (TPSA) is 88.8 Å². The lowest BCUT2D eigenvalue weighted by Gasteiger charge is -2.26. The minimum Gasteiger partial charge on any atom is -0.494 e. The first-order valence-electron chi connectivity index (χ1n) is 15.8. The summed E-state index contributed by atoms with van der Waals surface area (Å²) in [5.41, 5.74) is 3.38. The fraction of sp³-hybridized carbons (Fsp3) is 0.457. The average Bonchev–Trinajstić information content (AvgIpc) is 3.05. The maximum absolute atomic E-state index is 13.5. The summed E-state index contributed by atoms with van der Waals surface area (Å²) in [7, 11) is 2.10. The highest BCUT2D eigenvalue weighted by molar-refractivity contribution is 5.81. The third-order valence-electron chi connectivity index (χ3n) is 7.92. The molecule has 1 aliphatic heterocycles. The summed E-state index contributed by atoms with van der Waals surface area (Å²) in [6.45, 7) is 6.98. The Morgan fingerprint density at radius 3 is 2.57 bits per heavy atom. The summed E-state index contributed by atoms with van der Waals surface area (Å²) in [6.07, 6.45) is 10.3. The minimum absolute atomic E-state index is 0.101. The van der Waals surface area contributed by atoms with Gasteiger partial charge in [-0.15, -0.1) is 0 Å². The first-order chi connectivity index (χ1) is 21.6. The molecule has 0 bridgehead atoms. The summed E-state index contributed by atoms with van der Waals surface area (Å²) in [4.78, 5) is 13.9. The Labute approximate surface area is 262 Å². The number of hydrogen-bond donors (Lipinski definition) is 2. The fourth-order valence-corrected chi connectivity index (χ4v) is 5.48. The Morgan fingerprint density at radius 2 is 1.84 bits per heavy atom. The molecule has 3 aromatic rings. The quantitative estimate of drug-likeness (QED) is 0.0735. The number of rotatable bonds is 16. The van der Waals surface area contributed by atoms with Gasteiger partial charge >= 0.3 is 0 Å². The zero-order valence-corrected chi connectivity index (χ0v) is 25.9. The normalized spacial score (nSPS) is 14.6. The van der Waals surface area contributed by atoms with Crippen molar-refractivity contribution in [2.24, 2.45) is 4.99 Å². The van der Waals surface area contributed by atoms with Gasteiger partial charge in [0.1, 0.15) is 11.6 Å². The van der Waals surface area contributed by atoms with Crippen molar-refractivity contribution in [2.75, 3.05) is 52.9 Å². The Bertz CT molecular complexity index is 1290. The number of nitrogens with zero attached hydrogens (tertiary/aromatic N) is 5. The number of aliphatic imine (C=N–C) groups is 1. The molecular formula is C35H46FN7O. The van der Waals surface area contributed by atoms with Gasteiger partial charge in [0, 0.05) is 43.9 Å². The zero-order chi connectivity index (χ0) is 30.8. The van der Waals surface area contributed by atoms with Crippen LogP contribution in [0.4, 0.5) is 4.39 Å². The van der Waals surface area contributed by atoms with Gasteiger partial charge < -0.3 is 15.0 Å². The van der Waals surface area contributed by atoms with Gasteiger partial charge in [0.25, 0.3) is 0 Å². The Morgan fingerprint density at radius 1 is 1.05 bits per heavy atom. The van der Waals surface area contributed by atoms with E-state index in [1.54, 1.807) is 6.20 Å². The molecule has 1 aliphatic rings.